The van der Waals surface area contributed by atoms with Crippen LogP contribution in [0.2, 0.25) is 5.02 Å². The van der Waals surface area contributed by atoms with Gasteiger partial charge in [0, 0.05) is 7.05 Å². The van der Waals surface area contributed by atoms with E-state index in [1.165, 1.54) is 11.3 Å². The smallest absolute Gasteiger partial charge is 0.320 e. The molecule has 0 bridgehead atoms. The van der Waals surface area contributed by atoms with Gasteiger partial charge in [0.05, 0.1) is 9.72 Å². The Balaban J connectivity index is 2.39. The minimum absolute atomic E-state index is 0.287. The van der Waals surface area contributed by atoms with Crippen LogP contribution in [0.25, 0.3) is 10.2 Å². The quantitative estimate of drug-likeness (QED) is 0.807. The molecule has 0 aliphatic carbocycles. The highest BCUT2D eigenvalue weighted by molar-refractivity contribution is 7.22. The van der Waals surface area contributed by atoms with E-state index in [1.54, 1.807) is 13.1 Å². The summed E-state index contributed by atoms with van der Waals surface area (Å²) in [6, 6.07) is 5.25. The number of aromatic nitrogens is 1. The highest BCUT2D eigenvalue weighted by Crippen LogP contribution is 2.30. The Kier molecular flexibility index (Phi) is 2.75. The third-order valence-electron chi connectivity index (χ3n) is 1.82. The Bertz CT molecular complexity index is 511. The van der Waals surface area contributed by atoms with Crippen LogP contribution in [0, 0.1) is 0 Å². The summed E-state index contributed by atoms with van der Waals surface area (Å²) in [4.78, 5) is 15.3. The van der Waals surface area contributed by atoms with E-state index in [1.807, 2.05) is 12.1 Å². The monoisotopic (exact) mass is 241 g/mol. The second-order valence-electron chi connectivity index (χ2n) is 2.81. The summed E-state index contributed by atoms with van der Waals surface area (Å²) in [5, 5.41) is 6.19. The molecular formula is C9H8ClN3OS. The van der Waals surface area contributed by atoms with Crippen molar-refractivity contribution in [3.05, 3.63) is 23.2 Å². The van der Waals surface area contributed by atoms with Crippen LogP contribution in [0.3, 0.4) is 0 Å². The summed E-state index contributed by atoms with van der Waals surface area (Å²) in [5.41, 5.74) is 0.718. The summed E-state index contributed by atoms with van der Waals surface area (Å²) in [6.07, 6.45) is 0. The van der Waals surface area contributed by atoms with E-state index in [9.17, 15) is 4.79 Å². The molecule has 15 heavy (non-hydrogen) atoms. The average molecular weight is 242 g/mol. The number of hydrogen-bond donors (Lipinski definition) is 2. The van der Waals surface area contributed by atoms with Crippen LogP contribution in [0.5, 0.6) is 0 Å². The summed E-state index contributed by atoms with van der Waals surface area (Å²) in [5.74, 6) is 0. The van der Waals surface area contributed by atoms with Crippen molar-refractivity contribution in [1.29, 1.82) is 0 Å². The number of nitrogens with one attached hydrogen (secondary N) is 2. The Morgan fingerprint density at radius 1 is 1.53 bits per heavy atom. The third kappa shape index (κ3) is 2.03. The molecule has 1 aromatic carbocycles. The molecule has 0 atom stereocenters. The first-order valence-corrected chi connectivity index (χ1v) is 5.44. The van der Waals surface area contributed by atoms with Gasteiger partial charge in [0.2, 0.25) is 0 Å². The molecule has 2 rings (SSSR count). The van der Waals surface area contributed by atoms with Gasteiger partial charge in [-0.2, -0.15) is 0 Å². The Labute approximate surface area is 95.3 Å². The molecule has 0 saturated heterocycles. The zero-order valence-corrected chi connectivity index (χ0v) is 9.45. The van der Waals surface area contributed by atoms with Crippen molar-refractivity contribution in [2.45, 2.75) is 0 Å². The van der Waals surface area contributed by atoms with Gasteiger partial charge < -0.3 is 5.32 Å². The second kappa shape index (κ2) is 4.04. The number of amides is 2. The molecular weight excluding hydrogens is 234 g/mol. The number of fused-ring (bicyclic) bond motifs is 1. The minimum atomic E-state index is -0.287. The molecule has 0 unspecified atom stereocenters. The summed E-state index contributed by atoms with van der Waals surface area (Å²) in [7, 11) is 1.55. The zero-order chi connectivity index (χ0) is 10.8. The van der Waals surface area contributed by atoms with E-state index < -0.39 is 0 Å². The summed E-state index contributed by atoms with van der Waals surface area (Å²) in [6.45, 7) is 0. The number of rotatable bonds is 1. The van der Waals surface area contributed by atoms with Crippen molar-refractivity contribution in [2.75, 3.05) is 12.4 Å². The predicted octanol–water partition coefficient (Wildman–Crippen LogP) is 2.70. The number of thiazole rings is 1. The van der Waals surface area contributed by atoms with Gasteiger partial charge in [-0.25, -0.2) is 9.78 Å². The van der Waals surface area contributed by atoms with Gasteiger partial charge in [-0.05, 0) is 12.1 Å². The van der Waals surface area contributed by atoms with Crippen LogP contribution in [0.4, 0.5) is 9.93 Å². The summed E-state index contributed by atoms with van der Waals surface area (Å²) < 4.78 is 0.953. The Morgan fingerprint density at radius 3 is 3.00 bits per heavy atom. The van der Waals surface area contributed by atoms with Gasteiger partial charge in [0.1, 0.15) is 5.52 Å². The van der Waals surface area contributed by atoms with E-state index in [4.69, 9.17) is 11.6 Å². The number of benzene rings is 1. The van der Waals surface area contributed by atoms with Gasteiger partial charge in [-0.3, -0.25) is 5.32 Å². The molecule has 0 radical (unpaired) electrons. The number of anilines is 1. The highest BCUT2D eigenvalue weighted by Gasteiger charge is 2.08. The van der Waals surface area contributed by atoms with Gasteiger partial charge in [0.15, 0.2) is 5.13 Å². The lowest BCUT2D eigenvalue weighted by molar-refractivity contribution is 0.254. The second-order valence-corrected chi connectivity index (χ2v) is 4.25. The Morgan fingerprint density at radius 2 is 2.33 bits per heavy atom. The molecule has 1 aromatic heterocycles. The number of urea groups is 1. The average Bonchev–Trinajstić information content (AvgIpc) is 2.62. The van der Waals surface area contributed by atoms with Crippen LogP contribution in [0.1, 0.15) is 0 Å². The Hall–Kier alpha value is -1.33. The standard InChI is InChI=1S/C9H8ClN3OS/c1-11-8(14)13-9-12-7-5(10)3-2-4-6(7)15-9/h2-4H,1H3,(H2,11,12,13,14). The lowest BCUT2D eigenvalue weighted by atomic mass is 10.3. The minimum Gasteiger partial charge on any atom is -0.341 e. The van der Waals surface area contributed by atoms with Crippen LogP contribution < -0.4 is 10.6 Å². The van der Waals surface area contributed by atoms with Gasteiger partial charge in [-0.15, -0.1) is 0 Å². The first-order chi connectivity index (χ1) is 7.20. The fourth-order valence-corrected chi connectivity index (χ4v) is 2.29. The highest BCUT2D eigenvalue weighted by atomic mass is 35.5. The molecule has 0 spiro atoms. The first-order valence-electron chi connectivity index (χ1n) is 4.24. The molecule has 78 valence electrons. The maximum atomic E-state index is 11.1. The number of carbonyl (C=O) groups excluding carboxylic acids is 1. The number of hydrogen-bond acceptors (Lipinski definition) is 3. The van der Waals surface area contributed by atoms with Crippen molar-refractivity contribution >= 4 is 44.3 Å². The van der Waals surface area contributed by atoms with Crippen LogP contribution in [-0.4, -0.2) is 18.1 Å². The van der Waals surface area contributed by atoms with Crippen molar-refractivity contribution < 1.29 is 4.79 Å². The lowest BCUT2D eigenvalue weighted by Gasteiger charge is -1.97. The number of halogens is 1. The van der Waals surface area contributed by atoms with Crippen LogP contribution in [-0.2, 0) is 0 Å². The molecule has 0 fully saturated rings. The third-order valence-corrected chi connectivity index (χ3v) is 3.06. The lowest BCUT2D eigenvalue weighted by Crippen LogP contribution is -2.24. The molecule has 0 aliphatic rings. The molecule has 0 saturated carbocycles. The van der Waals surface area contributed by atoms with Crippen molar-refractivity contribution in [2.24, 2.45) is 0 Å². The number of para-hydroxylation sites is 1. The molecule has 0 aliphatic heterocycles. The molecule has 2 aromatic rings. The topological polar surface area (TPSA) is 54.0 Å². The molecule has 1 heterocycles. The molecule has 6 heteroatoms. The van der Waals surface area contributed by atoms with E-state index >= 15 is 0 Å². The van der Waals surface area contributed by atoms with Crippen molar-refractivity contribution in [3.8, 4) is 0 Å². The van der Waals surface area contributed by atoms with E-state index in [0.717, 1.165) is 10.2 Å². The number of carbonyl (C=O) groups is 1. The normalized spacial score (nSPS) is 10.3. The predicted molar refractivity (Wildman–Crippen MR) is 62.7 cm³/mol. The zero-order valence-electron chi connectivity index (χ0n) is 7.87. The fraction of sp³-hybridized carbons (Fsp3) is 0.111. The maximum absolute atomic E-state index is 11.1. The van der Waals surface area contributed by atoms with Crippen LogP contribution >= 0.6 is 22.9 Å². The van der Waals surface area contributed by atoms with Crippen molar-refractivity contribution in [3.63, 3.8) is 0 Å². The van der Waals surface area contributed by atoms with E-state index in [0.29, 0.717) is 10.2 Å². The van der Waals surface area contributed by atoms with Gasteiger partial charge >= 0.3 is 6.03 Å². The fourth-order valence-electron chi connectivity index (χ4n) is 1.13. The maximum Gasteiger partial charge on any atom is 0.320 e. The van der Waals surface area contributed by atoms with Crippen LogP contribution in [0.15, 0.2) is 18.2 Å². The SMILES string of the molecule is CNC(=O)Nc1nc2c(Cl)cccc2s1. The number of nitrogens with zero attached hydrogens (tertiary/aromatic N) is 1. The first kappa shape index (κ1) is 10.2. The molecule has 2 amide bonds. The van der Waals surface area contributed by atoms with Crippen molar-refractivity contribution in [1.82, 2.24) is 10.3 Å². The summed E-state index contributed by atoms with van der Waals surface area (Å²) >= 11 is 7.34. The largest absolute Gasteiger partial charge is 0.341 e. The molecule has 4 nitrogen and oxygen atoms in total. The molecule has 2 N–H and O–H groups in total. The van der Waals surface area contributed by atoms with Gasteiger partial charge in [-0.1, -0.05) is 29.0 Å². The van der Waals surface area contributed by atoms with Gasteiger partial charge in [0.25, 0.3) is 0 Å². The van der Waals surface area contributed by atoms with E-state index in [2.05, 4.69) is 15.6 Å². The van der Waals surface area contributed by atoms with E-state index in [-0.39, 0.29) is 6.03 Å².